The quantitative estimate of drug-likeness (QED) is 0.249. The highest BCUT2D eigenvalue weighted by Gasteiger charge is 2.51. The molecule has 12 heteroatoms. The molecule has 4 rings (SSSR count). The van der Waals surface area contributed by atoms with E-state index in [1.54, 1.807) is 12.0 Å². The Balaban J connectivity index is 1.46. The van der Waals surface area contributed by atoms with Gasteiger partial charge in [0.15, 0.2) is 0 Å². The minimum Gasteiger partial charge on any atom is -0.379 e. The lowest BCUT2D eigenvalue weighted by Gasteiger charge is -2.36. The van der Waals surface area contributed by atoms with Gasteiger partial charge in [0.25, 0.3) is 0 Å². The molecule has 7 atom stereocenters. The summed E-state index contributed by atoms with van der Waals surface area (Å²) in [5.41, 5.74) is -1.49. The van der Waals surface area contributed by atoms with E-state index in [-0.39, 0.29) is 42.4 Å². The zero-order valence-corrected chi connectivity index (χ0v) is 24.1. The van der Waals surface area contributed by atoms with Crippen LogP contribution in [-0.4, -0.2) is 78.6 Å². The SMILES string of the molecule is CO[C@@H]1COCC[C@@H]1N[C@@H]1CC[C@@](C(=O)N[C@@H]2CN(c3cc(C(F)(F)F)ccn3)[C@H](CI)C2F)(C(C)C)C1. The molecule has 1 aromatic heterocycles. The van der Waals surface area contributed by atoms with Crippen LogP contribution >= 0.6 is 22.6 Å². The van der Waals surface area contributed by atoms with Crippen molar-refractivity contribution in [3.63, 3.8) is 0 Å². The standard InChI is InChI=1S/C26H37F4IN4O3/c1-15(2)25(7-4-17(11-25)33-18-6-9-38-14-21(18)37-3)24(36)34-19-13-35(20(12-31)23(19)27)22-10-16(5-8-32-22)26(28,29)30/h5,8,10,15,17-21,23,33H,4,6-7,9,11-14H2,1-3H3,(H,34,36)/t17-,18+,19-,20-,21-,23?,25+/m1/s1. The molecule has 2 aliphatic heterocycles. The van der Waals surface area contributed by atoms with E-state index in [1.807, 2.05) is 36.4 Å². The van der Waals surface area contributed by atoms with Gasteiger partial charge in [0.2, 0.25) is 5.91 Å². The van der Waals surface area contributed by atoms with Gasteiger partial charge in [0.05, 0.1) is 35.8 Å². The van der Waals surface area contributed by atoms with Crippen molar-refractivity contribution in [3.8, 4) is 0 Å². The second-order valence-corrected chi connectivity index (χ2v) is 11.8. The van der Waals surface area contributed by atoms with Gasteiger partial charge in [0.1, 0.15) is 12.0 Å². The largest absolute Gasteiger partial charge is 0.416 e. The molecule has 3 aliphatic rings. The van der Waals surface area contributed by atoms with Crippen LogP contribution in [0.15, 0.2) is 18.3 Å². The van der Waals surface area contributed by atoms with Crippen molar-refractivity contribution in [1.29, 1.82) is 0 Å². The second-order valence-electron chi connectivity index (χ2n) is 11.0. The van der Waals surface area contributed by atoms with Crippen LogP contribution < -0.4 is 15.5 Å². The highest BCUT2D eigenvalue weighted by Crippen LogP contribution is 2.45. The first-order valence-electron chi connectivity index (χ1n) is 13.2. The number of aromatic nitrogens is 1. The second kappa shape index (κ2) is 12.1. The summed E-state index contributed by atoms with van der Waals surface area (Å²) in [6.45, 7) is 5.29. The van der Waals surface area contributed by atoms with Crippen LogP contribution in [0.25, 0.3) is 0 Å². The number of hydrogen-bond acceptors (Lipinski definition) is 6. The number of nitrogens with one attached hydrogen (secondary N) is 2. The third-order valence-corrected chi connectivity index (χ3v) is 9.45. The predicted molar refractivity (Wildman–Crippen MR) is 144 cm³/mol. The first-order valence-corrected chi connectivity index (χ1v) is 14.7. The number of methoxy groups -OCH3 is 1. The fourth-order valence-corrected chi connectivity index (χ4v) is 7.12. The smallest absolute Gasteiger partial charge is 0.379 e. The Morgan fingerprint density at radius 2 is 2.11 bits per heavy atom. The van der Waals surface area contributed by atoms with Gasteiger partial charge in [-0.2, -0.15) is 13.2 Å². The number of carbonyl (C=O) groups is 1. The van der Waals surface area contributed by atoms with Gasteiger partial charge < -0.3 is 25.0 Å². The molecule has 0 spiro atoms. The number of carbonyl (C=O) groups excluding carboxylic acids is 1. The molecule has 0 bridgehead atoms. The maximum Gasteiger partial charge on any atom is 0.416 e. The highest BCUT2D eigenvalue weighted by molar-refractivity contribution is 14.1. The average molecular weight is 657 g/mol. The van der Waals surface area contributed by atoms with E-state index in [1.165, 1.54) is 0 Å². The molecule has 1 aromatic rings. The van der Waals surface area contributed by atoms with Crippen LogP contribution in [-0.2, 0) is 20.4 Å². The Morgan fingerprint density at radius 3 is 2.76 bits per heavy atom. The number of ether oxygens (including phenoxy) is 2. The topological polar surface area (TPSA) is 75.7 Å². The lowest BCUT2D eigenvalue weighted by Crippen LogP contribution is -2.53. The number of rotatable bonds is 8. The van der Waals surface area contributed by atoms with Gasteiger partial charge >= 0.3 is 6.18 Å². The summed E-state index contributed by atoms with van der Waals surface area (Å²) < 4.78 is 66.9. The fourth-order valence-electron chi connectivity index (χ4n) is 6.16. The summed E-state index contributed by atoms with van der Waals surface area (Å²) in [5, 5.41) is 6.64. The molecule has 2 N–H and O–H groups in total. The monoisotopic (exact) mass is 656 g/mol. The Bertz CT molecular complexity index is 971. The van der Waals surface area contributed by atoms with E-state index >= 15 is 4.39 Å². The van der Waals surface area contributed by atoms with Gasteiger partial charge in [-0.25, -0.2) is 9.37 Å². The summed E-state index contributed by atoms with van der Waals surface area (Å²) in [7, 11) is 1.67. The van der Waals surface area contributed by atoms with Crippen LogP contribution in [0.5, 0.6) is 0 Å². The van der Waals surface area contributed by atoms with Gasteiger partial charge in [-0.3, -0.25) is 4.79 Å². The minimum absolute atomic E-state index is 0.0308. The number of alkyl halides is 5. The first kappa shape index (κ1) is 29.7. The van der Waals surface area contributed by atoms with Gasteiger partial charge in [-0.15, -0.1) is 0 Å². The van der Waals surface area contributed by atoms with Crippen LogP contribution in [0, 0.1) is 11.3 Å². The van der Waals surface area contributed by atoms with Crippen LogP contribution in [0.1, 0.15) is 45.1 Å². The number of nitrogens with zero attached hydrogens (tertiary/aromatic N) is 2. The van der Waals surface area contributed by atoms with Crippen LogP contribution in [0.2, 0.25) is 0 Å². The maximum atomic E-state index is 15.6. The van der Waals surface area contributed by atoms with E-state index < -0.39 is 35.4 Å². The Labute approximate surface area is 234 Å². The number of anilines is 1. The molecule has 0 aromatic carbocycles. The Kier molecular flexibility index (Phi) is 9.46. The minimum atomic E-state index is -4.52. The molecule has 0 radical (unpaired) electrons. The van der Waals surface area contributed by atoms with Crippen LogP contribution in [0.3, 0.4) is 0 Å². The summed E-state index contributed by atoms with van der Waals surface area (Å²) in [4.78, 5) is 19.4. The van der Waals surface area contributed by atoms with E-state index in [2.05, 4.69) is 15.6 Å². The van der Waals surface area contributed by atoms with Gasteiger partial charge in [-0.05, 0) is 43.7 Å². The Morgan fingerprint density at radius 1 is 1.34 bits per heavy atom. The fraction of sp³-hybridized carbons (Fsp3) is 0.769. The molecule has 1 amide bonds. The van der Waals surface area contributed by atoms with Crippen molar-refractivity contribution in [2.75, 3.05) is 36.2 Å². The number of hydrogen-bond donors (Lipinski definition) is 2. The third-order valence-electron chi connectivity index (χ3n) is 8.55. The van der Waals surface area contributed by atoms with Crippen molar-refractivity contribution in [2.24, 2.45) is 11.3 Å². The molecule has 3 fully saturated rings. The summed E-state index contributed by atoms with van der Waals surface area (Å²) >= 11 is 2.03. The molecule has 2 saturated heterocycles. The van der Waals surface area contributed by atoms with E-state index in [0.717, 1.165) is 31.2 Å². The normalized spacial score (nSPS) is 34.2. The van der Waals surface area contributed by atoms with E-state index in [9.17, 15) is 18.0 Å². The zero-order valence-electron chi connectivity index (χ0n) is 21.9. The predicted octanol–water partition coefficient (Wildman–Crippen LogP) is 4.14. The van der Waals surface area contributed by atoms with Gasteiger partial charge in [0, 0.05) is 43.0 Å². The molecule has 3 heterocycles. The summed E-state index contributed by atoms with van der Waals surface area (Å²) in [6, 6.07) is 0.591. The van der Waals surface area contributed by atoms with Crippen molar-refractivity contribution in [3.05, 3.63) is 23.9 Å². The summed E-state index contributed by atoms with van der Waals surface area (Å²) in [6.07, 6.45) is -1.96. The highest BCUT2D eigenvalue weighted by atomic mass is 127. The lowest BCUT2D eigenvalue weighted by atomic mass is 9.74. The molecule has 7 nitrogen and oxygen atoms in total. The molecular formula is C26H37F4IN4O3. The van der Waals surface area contributed by atoms with Crippen molar-refractivity contribution in [2.45, 2.75) is 82.2 Å². The van der Waals surface area contributed by atoms with Crippen molar-refractivity contribution >= 4 is 34.3 Å². The first-order chi connectivity index (χ1) is 18.0. The average Bonchev–Trinajstić information content (AvgIpc) is 3.46. The molecule has 1 saturated carbocycles. The van der Waals surface area contributed by atoms with Crippen molar-refractivity contribution in [1.82, 2.24) is 15.6 Å². The van der Waals surface area contributed by atoms with E-state index in [0.29, 0.717) is 30.5 Å². The van der Waals surface area contributed by atoms with Gasteiger partial charge in [-0.1, -0.05) is 36.4 Å². The number of halogens is 5. The molecule has 38 heavy (non-hydrogen) atoms. The molecule has 1 aliphatic carbocycles. The number of pyridine rings is 1. The van der Waals surface area contributed by atoms with E-state index in [4.69, 9.17) is 9.47 Å². The van der Waals surface area contributed by atoms with Crippen molar-refractivity contribution < 1.29 is 31.8 Å². The Hall–Kier alpha value is -1.25. The maximum absolute atomic E-state index is 15.6. The molecule has 214 valence electrons. The lowest BCUT2D eigenvalue weighted by molar-refractivity contribution is -0.137. The molecular weight excluding hydrogens is 619 g/mol. The third kappa shape index (κ3) is 6.07. The summed E-state index contributed by atoms with van der Waals surface area (Å²) in [5.74, 6) is -0.0946. The zero-order chi connectivity index (χ0) is 27.7. The van der Waals surface area contributed by atoms with Crippen LogP contribution in [0.4, 0.5) is 23.4 Å². The number of amides is 1. The molecule has 1 unspecified atom stereocenters.